The first-order valence-electron chi connectivity index (χ1n) is 5.32. The van der Waals surface area contributed by atoms with Gasteiger partial charge in [-0.1, -0.05) is 29.8 Å². The van der Waals surface area contributed by atoms with Crippen molar-refractivity contribution < 1.29 is 9.53 Å². The van der Waals surface area contributed by atoms with E-state index in [1.807, 2.05) is 6.92 Å². The van der Waals surface area contributed by atoms with E-state index in [9.17, 15) is 4.79 Å². The van der Waals surface area contributed by atoms with Crippen molar-refractivity contribution in [2.75, 3.05) is 6.61 Å². The van der Waals surface area contributed by atoms with Gasteiger partial charge in [-0.25, -0.2) is 0 Å². The van der Waals surface area contributed by atoms with Gasteiger partial charge in [0.1, 0.15) is 5.75 Å². The first-order chi connectivity index (χ1) is 7.34. The lowest BCUT2D eigenvalue weighted by atomic mass is 9.85. The van der Waals surface area contributed by atoms with Crippen molar-refractivity contribution in [1.82, 2.24) is 0 Å². The molecule has 1 aliphatic heterocycles. The van der Waals surface area contributed by atoms with E-state index >= 15 is 0 Å². The molecule has 1 aromatic rings. The summed E-state index contributed by atoms with van der Waals surface area (Å²) in [5.74, 6) is 0.839. The number of ketones is 1. The van der Waals surface area contributed by atoms with Gasteiger partial charge < -0.3 is 4.74 Å². The van der Waals surface area contributed by atoms with Crippen molar-refractivity contribution in [1.29, 1.82) is 0 Å². The Labute approximate surface area is 104 Å². The van der Waals surface area contributed by atoms with Gasteiger partial charge in [0.15, 0.2) is 5.78 Å². The minimum atomic E-state index is -0.0181. The number of hydrogen-bond acceptors (Lipinski definition) is 2. The van der Waals surface area contributed by atoms with Crippen molar-refractivity contribution >= 4 is 21.7 Å². The molecule has 0 N–H and O–H groups in total. The fraction of sp³-hybridized carbons (Fsp3) is 0.462. The van der Waals surface area contributed by atoms with E-state index in [0.717, 1.165) is 26.9 Å². The maximum Gasteiger partial charge on any atom is 0.163 e. The minimum Gasteiger partial charge on any atom is -0.492 e. The number of carbonyl (C=O) groups excluding carboxylic acids is 1. The largest absolute Gasteiger partial charge is 0.492 e. The van der Waals surface area contributed by atoms with E-state index in [1.54, 1.807) is 6.92 Å². The van der Waals surface area contributed by atoms with E-state index in [1.165, 1.54) is 0 Å². The summed E-state index contributed by atoms with van der Waals surface area (Å²) in [7, 11) is 0. The van der Waals surface area contributed by atoms with Crippen LogP contribution in [0.25, 0.3) is 0 Å². The monoisotopic (exact) mass is 282 g/mol. The van der Waals surface area contributed by atoms with Gasteiger partial charge in [0.05, 0.1) is 12.2 Å². The second-order valence-electron chi connectivity index (χ2n) is 4.96. The Morgan fingerprint density at radius 3 is 2.69 bits per heavy atom. The van der Waals surface area contributed by atoms with Gasteiger partial charge >= 0.3 is 0 Å². The normalized spacial score (nSPS) is 16.8. The molecule has 0 fully saturated rings. The molecule has 3 heteroatoms. The molecule has 16 heavy (non-hydrogen) atoms. The summed E-state index contributed by atoms with van der Waals surface area (Å²) in [5.41, 5.74) is 2.78. The predicted molar refractivity (Wildman–Crippen MR) is 67.4 cm³/mol. The Bertz CT molecular complexity index is 475. The summed E-state index contributed by atoms with van der Waals surface area (Å²) < 4.78 is 6.68. The lowest BCUT2D eigenvalue weighted by molar-refractivity contribution is 0.101. The molecule has 0 atom stereocenters. The third kappa shape index (κ3) is 1.58. The fourth-order valence-electron chi connectivity index (χ4n) is 2.13. The van der Waals surface area contributed by atoms with Crippen LogP contribution >= 0.6 is 15.9 Å². The molecule has 0 spiro atoms. The summed E-state index contributed by atoms with van der Waals surface area (Å²) in [5, 5.41) is 0. The average Bonchev–Trinajstić information content (AvgIpc) is 2.44. The number of carbonyl (C=O) groups is 1. The molecule has 0 amide bonds. The number of Topliss-reactive ketones (excluding diaryl/α,β-unsaturated/α-hetero) is 1. The second-order valence-corrected chi connectivity index (χ2v) is 5.82. The third-order valence-corrected chi connectivity index (χ3v) is 3.96. The Kier molecular flexibility index (Phi) is 2.61. The molecule has 0 saturated heterocycles. The van der Waals surface area contributed by atoms with Crippen molar-refractivity contribution in [2.45, 2.75) is 33.1 Å². The Balaban J connectivity index is 2.77. The Hall–Kier alpha value is -0.830. The number of ether oxygens (including phenoxy) is 1. The number of halogens is 1. The van der Waals surface area contributed by atoms with Crippen LogP contribution in [-0.2, 0) is 5.41 Å². The Morgan fingerprint density at radius 1 is 1.50 bits per heavy atom. The third-order valence-electron chi connectivity index (χ3n) is 3.13. The molecule has 1 aromatic carbocycles. The molecule has 86 valence electrons. The molecule has 0 saturated carbocycles. The second kappa shape index (κ2) is 3.59. The lowest BCUT2D eigenvalue weighted by Crippen LogP contribution is -2.18. The van der Waals surface area contributed by atoms with Crippen LogP contribution in [0.4, 0.5) is 0 Å². The molecule has 0 bridgehead atoms. The molecular weight excluding hydrogens is 268 g/mol. The van der Waals surface area contributed by atoms with E-state index < -0.39 is 0 Å². The fourth-order valence-corrected chi connectivity index (χ4v) is 2.56. The molecule has 1 heterocycles. The predicted octanol–water partition coefficient (Wildman–Crippen LogP) is 3.63. The maximum absolute atomic E-state index is 11.7. The summed E-state index contributed by atoms with van der Waals surface area (Å²) in [6.07, 6.45) is 0. The smallest absolute Gasteiger partial charge is 0.163 e. The summed E-state index contributed by atoms with van der Waals surface area (Å²) in [6, 6.07) is 2.07. The molecule has 1 aliphatic rings. The number of rotatable bonds is 1. The maximum atomic E-state index is 11.7. The quantitative estimate of drug-likeness (QED) is 0.736. The van der Waals surface area contributed by atoms with Gasteiger partial charge in [0.2, 0.25) is 0 Å². The van der Waals surface area contributed by atoms with Crippen molar-refractivity contribution in [2.24, 2.45) is 0 Å². The molecule has 2 rings (SSSR count). The highest BCUT2D eigenvalue weighted by Crippen LogP contribution is 2.44. The van der Waals surface area contributed by atoms with Gasteiger partial charge in [-0.2, -0.15) is 0 Å². The molecule has 0 aliphatic carbocycles. The molecule has 0 radical (unpaired) electrons. The highest BCUT2D eigenvalue weighted by atomic mass is 79.9. The van der Waals surface area contributed by atoms with Gasteiger partial charge in [-0.15, -0.1) is 0 Å². The summed E-state index contributed by atoms with van der Waals surface area (Å²) in [6.45, 7) is 8.42. The zero-order valence-corrected chi connectivity index (χ0v) is 11.6. The van der Waals surface area contributed by atoms with Crippen LogP contribution in [0.1, 0.15) is 42.3 Å². The first-order valence-corrected chi connectivity index (χ1v) is 6.11. The van der Waals surface area contributed by atoms with Gasteiger partial charge in [-0.3, -0.25) is 4.79 Å². The van der Waals surface area contributed by atoms with E-state index in [0.29, 0.717) is 6.61 Å². The number of benzene rings is 1. The van der Waals surface area contributed by atoms with E-state index in [4.69, 9.17) is 4.74 Å². The van der Waals surface area contributed by atoms with Crippen LogP contribution in [0, 0.1) is 6.92 Å². The minimum absolute atomic E-state index is 0.0181. The van der Waals surface area contributed by atoms with Crippen LogP contribution in [-0.4, -0.2) is 12.4 Å². The Morgan fingerprint density at radius 2 is 2.12 bits per heavy atom. The topological polar surface area (TPSA) is 26.3 Å². The van der Waals surface area contributed by atoms with E-state index in [-0.39, 0.29) is 11.2 Å². The molecular formula is C13H15BrO2. The van der Waals surface area contributed by atoms with Gasteiger partial charge in [-0.05, 0) is 25.5 Å². The standard InChI is InChI=1S/C13H15BrO2/c1-7-10(14)5-9-12(11(7)8(2)15)16-6-13(9,3)4/h5H,6H2,1-4H3. The van der Waals surface area contributed by atoms with Crippen LogP contribution in [0.2, 0.25) is 0 Å². The zero-order chi connectivity index (χ0) is 12.1. The zero-order valence-electron chi connectivity index (χ0n) is 9.98. The van der Waals surface area contributed by atoms with Crippen LogP contribution in [0.15, 0.2) is 10.5 Å². The van der Waals surface area contributed by atoms with Crippen molar-refractivity contribution in [3.63, 3.8) is 0 Å². The SMILES string of the molecule is CC(=O)c1c(C)c(Br)cc2c1OCC2(C)C. The van der Waals surface area contributed by atoms with Gasteiger partial charge in [0.25, 0.3) is 0 Å². The first kappa shape index (κ1) is 11.6. The van der Waals surface area contributed by atoms with Crippen LogP contribution < -0.4 is 4.74 Å². The summed E-state index contributed by atoms with van der Waals surface area (Å²) in [4.78, 5) is 11.7. The molecule has 0 aromatic heterocycles. The van der Waals surface area contributed by atoms with Crippen LogP contribution in [0.3, 0.4) is 0 Å². The van der Waals surface area contributed by atoms with Crippen molar-refractivity contribution in [3.05, 3.63) is 27.2 Å². The number of fused-ring (bicyclic) bond motifs is 1. The lowest BCUT2D eigenvalue weighted by Gasteiger charge is -2.16. The van der Waals surface area contributed by atoms with E-state index in [2.05, 4.69) is 35.8 Å². The van der Waals surface area contributed by atoms with Crippen molar-refractivity contribution in [3.8, 4) is 5.75 Å². The van der Waals surface area contributed by atoms with Gasteiger partial charge in [0, 0.05) is 15.5 Å². The number of hydrogen-bond donors (Lipinski definition) is 0. The molecule has 2 nitrogen and oxygen atoms in total. The highest BCUT2D eigenvalue weighted by Gasteiger charge is 2.35. The average molecular weight is 283 g/mol. The van der Waals surface area contributed by atoms with Crippen LogP contribution in [0.5, 0.6) is 5.75 Å². The highest BCUT2D eigenvalue weighted by molar-refractivity contribution is 9.10. The molecule has 0 unspecified atom stereocenters. The summed E-state index contributed by atoms with van der Waals surface area (Å²) >= 11 is 3.51.